The Bertz CT molecular complexity index is 1200. The molecule has 0 bridgehead atoms. The van der Waals surface area contributed by atoms with Crippen molar-refractivity contribution >= 4 is 18.1 Å². The number of carbonyl (C=O) groups excluding carboxylic acids is 2. The van der Waals surface area contributed by atoms with E-state index in [0.29, 0.717) is 48.0 Å². The number of fused-ring (bicyclic) bond motifs is 1. The summed E-state index contributed by atoms with van der Waals surface area (Å²) in [4.78, 5) is 24.8. The Morgan fingerprint density at radius 3 is 2.52 bits per heavy atom. The molecular formula is C26H24N2O5. The molecule has 0 fully saturated rings. The van der Waals surface area contributed by atoms with E-state index < -0.39 is 5.97 Å². The Hall–Kier alpha value is -3.97. The number of nitrogens with zero attached hydrogens (tertiary/aromatic N) is 1. The van der Waals surface area contributed by atoms with Gasteiger partial charge in [-0.2, -0.15) is 5.10 Å². The van der Waals surface area contributed by atoms with Gasteiger partial charge in [-0.1, -0.05) is 23.8 Å². The van der Waals surface area contributed by atoms with Crippen LogP contribution in [0.5, 0.6) is 11.5 Å². The summed E-state index contributed by atoms with van der Waals surface area (Å²) in [6.45, 7) is 5.28. The van der Waals surface area contributed by atoms with Crippen LogP contribution in [0.1, 0.15) is 49.9 Å². The number of amides is 1. The number of carbonyl (C=O) groups is 2. The van der Waals surface area contributed by atoms with Crippen LogP contribution in [-0.2, 0) is 18.0 Å². The molecule has 3 aromatic carbocycles. The van der Waals surface area contributed by atoms with E-state index in [2.05, 4.69) is 10.5 Å². The number of hydrogen-bond acceptors (Lipinski definition) is 6. The van der Waals surface area contributed by atoms with E-state index in [0.717, 1.165) is 16.7 Å². The van der Waals surface area contributed by atoms with Crippen molar-refractivity contribution in [1.82, 2.24) is 5.43 Å². The number of esters is 1. The third-order valence-corrected chi connectivity index (χ3v) is 5.12. The Kier molecular flexibility index (Phi) is 6.80. The van der Waals surface area contributed by atoms with Crippen molar-refractivity contribution in [3.63, 3.8) is 0 Å². The number of hydrazone groups is 1. The smallest absolute Gasteiger partial charge is 0.343 e. The predicted molar refractivity (Wildman–Crippen MR) is 124 cm³/mol. The third kappa shape index (κ3) is 5.45. The molecule has 1 aliphatic heterocycles. The number of ether oxygens (including phenoxy) is 3. The zero-order chi connectivity index (χ0) is 23.2. The zero-order valence-corrected chi connectivity index (χ0v) is 18.5. The van der Waals surface area contributed by atoms with E-state index in [9.17, 15) is 9.59 Å². The normalized spacial score (nSPS) is 12.4. The first-order chi connectivity index (χ1) is 16.0. The van der Waals surface area contributed by atoms with Crippen LogP contribution in [-0.4, -0.2) is 24.7 Å². The Morgan fingerprint density at radius 1 is 0.970 bits per heavy atom. The van der Waals surface area contributed by atoms with Gasteiger partial charge in [0.15, 0.2) is 11.5 Å². The molecule has 0 aromatic heterocycles. The Balaban J connectivity index is 1.43. The first kappa shape index (κ1) is 22.2. The maximum Gasteiger partial charge on any atom is 0.343 e. The second-order valence-electron chi connectivity index (χ2n) is 7.57. The largest absolute Gasteiger partial charge is 0.490 e. The van der Waals surface area contributed by atoms with E-state index in [1.54, 1.807) is 36.4 Å². The number of aryl methyl sites for hydroxylation is 1. The highest BCUT2D eigenvalue weighted by Crippen LogP contribution is 2.29. The highest BCUT2D eigenvalue weighted by Gasteiger charge is 2.15. The number of benzene rings is 3. The fourth-order valence-corrected chi connectivity index (χ4v) is 3.35. The number of nitrogens with one attached hydrogen (secondary N) is 1. The van der Waals surface area contributed by atoms with E-state index in [1.165, 1.54) is 6.21 Å². The van der Waals surface area contributed by atoms with Crippen molar-refractivity contribution in [2.75, 3.05) is 6.61 Å². The van der Waals surface area contributed by atoms with Crippen molar-refractivity contribution < 1.29 is 23.8 Å². The number of rotatable bonds is 7. The minimum absolute atomic E-state index is 0.309. The van der Waals surface area contributed by atoms with Gasteiger partial charge >= 0.3 is 5.97 Å². The minimum atomic E-state index is -0.468. The molecule has 7 heteroatoms. The molecule has 0 unspecified atom stereocenters. The Labute approximate surface area is 192 Å². The highest BCUT2D eigenvalue weighted by molar-refractivity contribution is 5.95. The summed E-state index contributed by atoms with van der Waals surface area (Å²) in [7, 11) is 0. The average Bonchev–Trinajstić information content (AvgIpc) is 3.29. The SMILES string of the molecule is CCOc1cc(C=NNC(=O)c2ccc3c(c2)COC3)ccc1OC(=O)c1ccc(C)cc1. The molecule has 0 saturated heterocycles. The lowest BCUT2D eigenvalue weighted by atomic mass is 10.1. The van der Waals surface area contributed by atoms with Gasteiger partial charge in [-0.15, -0.1) is 0 Å². The molecule has 0 radical (unpaired) electrons. The van der Waals surface area contributed by atoms with Crippen molar-refractivity contribution in [3.05, 3.63) is 94.0 Å². The van der Waals surface area contributed by atoms with Crippen LogP contribution in [0.15, 0.2) is 65.8 Å². The zero-order valence-electron chi connectivity index (χ0n) is 18.5. The van der Waals surface area contributed by atoms with Crippen LogP contribution in [0.4, 0.5) is 0 Å². The molecular weight excluding hydrogens is 420 g/mol. The summed E-state index contributed by atoms with van der Waals surface area (Å²) in [5, 5.41) is 4.04. The molecule has 168 valence electrons. The van der Waals surface area contributed by atoms with Gasteiger partial charge in [0.1, 0.15) is 0 Å². The summed E-state index contributed by atoms with van der Waals surface area (Å²) in [5.41, 5.74) is 7.35. The van der Waals surface area contributed by atoms with E-state index in [1.807, 2.05) is 38.1 Å². The van der Waals surface area contributed by atoms with Gasteiger partial charge in [-0.25, -0.2) is 10.2 Å². The maximum atomic E-state index is 12.5. The molecule has 0 atom stereocenters. The number of hydrogen-bond donors (Lipinski definition) is 1. The van der Waals surface area contributed by atoms with Gasteiger partial charge in [0, 0.05) is 5.56 Å². The fourth-order valence-electron chi connectivity index (χ4n) is 3.35. The molecule has 4 rings (SSSR count). The van der Waals surface area contributed by atoms with E-state index in [-0.39, 0.29) is 5.91 Å². The molecule has 0 saturated carbocycles. The standard InChI is InChI=1S/C26H24N2O5/c1-3-32-24-12-18(6-11-23(24)33-26(30)19-7-4-17(2)5-8-19)14-27-28-25(29)20-9-10-21-15-31-16-22(21)13-20/h4-14H,3,15-16H2,1-2H3,(H,28,29). The van der Waals surface area contributed by atoms with Gasteiger partial charge < -0.3 is 14.2 Å². The van der Waals surface area contributed by atoms with E-state index >= 15 is 0 Å². The lowest BCUT2D eigenvalue weighted by Gasteiger charge is -2.11. The molecule has 1 aliphatic rings. The fraction of sp³-hybridized carbons (Fsp3) is 0.192. The highest BCUT2D eigenvalue weighted by atomic mass is 16.6. The molecule has 0 aliphatic carbocycles. The van der Waals surface area contributed by atoms with E-state index in [4.69, 9.17) is 14.2 Å². The maximum absolute atomic E-state index is 12.5. The van der Waals surface area contributed by atoms with Gasteiger partial charge in [-0.05, 0) is 73.0 Å². The summed E-state index contributed by atoms with van der Waals surface area (Å²) < 4.78 is 16.5. The summed E-state index contributed by atoms with van der Waals surface area (Å²) >= 11 is 0. The Morgan fingerprint density at radius 2 is 1.73 bits per heavy atom. The molecule has 1 heterocycles. The first-order valence-electron chi connectivity index (χ1n) is 10.6. The quantitative estimate of drug-likeness (QED) is 0.253. The van der Waals surface area contributed by atoms with Crippen LogP contribution < -0.4 is 14.9 Å². The van der Waals surface area contributed by atoms with Crippen molar-refractivity contribution in [1.29, 1.82) is 0 Å². The van der Waals surface area contributed by atoms with Crippen LogP contribution in [0.2, 0.25) is 0 Å². The second kappa shape index (κ2) is 10.1. The van der Waals surface area contributed by atoms with Gasteiger partial charge in [0.2, 0.25) is 0 Å². The monoisotopic (exact) mass is 444 g/mol. The second-order valence-corrected chi connectivity index (χ2v) is 7.57. The van der Waals surface area contributed by atoms with Gasteiger partial charge in [-0.3, -0.25) is 4.79 Å². The summed E-state index contributed by atoms with van der Waals surface area (Å²) in [6.07, 6.45) is 1.50. The molecule has 1 N–H and O–H groups in total. The van der Waals surface area contributed by atoms with Gasteiger partial charge in [0.05, 0.1) is 31.6 Å². The first-order valence-corrected chi connectivity index (χ1v) is 10.6. The average molecular weight is 444 g/mol. The topological polar surface area (TPSA) is 86.2 Å². The molecule has 0 spiro atoms. The lowest BCUT2D eigenvalue weighted by Crippen LogP contribution is -2.17. The summed E-state index contributed by atoms with van der Waals surface area (Å²) in [6, 6.07) is 17.7. The molecule has 1 amide bonds. The van der Waals surface area contributed by atoms with Crippen molar-refractivity contribution in [2.24, 2.45) is 5.10 Å². The molecule has 3 aromatic rings. The third-order valence-electron chi connectivity index (χ3n) is 5.12. The van der Waals surface area contributed by atoms with Gasteiger partial charge in [0.25, 0.3) is 5.91 Å². The van der Waals surface area contributed by atoms with Crippen LogP contribution in [0, 0.1) is 6.92 Å². The van der Waals surface area contributed by atoms with Crippen molar-refractivity contribution in [3.8, 4) is 11.5 Å². The van der Waals surface area contributed by atoms with Crippen LogP contribution in [0.25, 0.3) is 0 Å². The van der Waals surface area contributed by atoms with Crippen LogP contribution in [0.3, 0.4) is 0 Å². The molecule has 7 nitrogen and oxygen atoms in total. The summed E-state index contributed by atoms with van der Waals surface area (Å²) in [5.74, 6) is -0.0603. The molecule has 33 heavy (non-hydrogen) atoms. The van der Waals surface area contributed by atoms with Crippen LogP contribution >= 0.6 is 0 Å². The lowest BCUT2D eigenvalue weighted by molar-refractivity contribution is 0.0728. The van der Waals surface area contributed by atoms with Crippen molar-refractivity contribution in [2.45, 2.75) is 27.1 Å². The predicted octanol–water partition coefficient (Wildman–Crippen LogP) is 4.41. The minimum Gasteiger partial charge on any atom is -0.490 e.